The van der Waals surface area contributed by atoms with Crippen molar-refractivity contribution < 1.29 is 9.18 Å². The highest BCUT2D eigenvalue weighted by Crippen LogP contribution is 2.26. The highest BCUT2D eigenvalue weighted by Gasteiger charge is 2.20. The van der Waals surface area contributed by atoms with Crippen molar-refractivity contribution in [2.75, 3.05) is 5.32 Å². The van der Waals surface area contributed by atoms with Crippen LogP contribution >= 0.6 is 11.6 Å². The van der Waals surface area contributed by atoms with E-state index in [1.54, 1.807) is 28.9 Å². The van der Waals surface area contributed by atoms with E-state index >= 15 is 0 Å². The maximum atomic E-state index is 13.9. The van der Waals surface area contributed by atoms with Gasteiger partial charge in [0, 0.05) is 10.6 Å². The van der Waals surface area contributed by atoms with Gasteiger partial charge in [-0.3, -0.25) is 4.79 Å². The predicted octanol–water partition coefficient (Wildman–Crippen LogP) is 5.60. The Morgan fingerprint density at radius 3 is 2.50 bits per heavy atom. The number of nitrogens with one attached hydrogen (secondary N) is 1. The summed E-state index contributed by atoms with van der Waals surface area (Å²) in [6.45, 7) is 3.91. The number of hydrogen-bond donors (Lipinski definition) is 1. The van der Waals surface area contributed by atoms with Crippen molar-refractivity contribution in [2.45, 2.75) is 13.8 Å². The number of anilines is 1. The Labute approximate surface area is 178 Å². The molecule has 1 N–H and O–H groups in total. The Balaban J connectivity index is 1.81. The van der Waals surface area contributed by atoms with Gasteiger partial charge in [-0.15, -0.1) is 5.10 Å². The summed E-state index contributed by atoms with van der Waals surface area (Å²) in [5.41, 5.74) is 3.57. The zero-order valence-corrected chi connectivity index (χ0v) is 17.1. The monoisotopic (exact) mass is 420 g/mol. The number of nitrogens with zero attached hydrogens (tertiary/aromatic N) is 3. The lowest BCUT2D eigenvalue weighted by atomic mass is 10.1. The minimum atomic E-state index is -0.605. The van der Waals surface area contributed by atoms with Crippen LogP contribution in [0.5, 0.6) is 0 Å². The first kappa shape index (κ1) is 19.8. The standard InChI is InChI=1S/C23H18ClFN4O/c1-14-7-10-16(11-8-14)22-27-21(23(30)26-19-6-4-3-5-18(19)25)28-29(22)20-13-17(24)12-9-15(20)2/h3-13H,1-2H3,(H,26,30). The number of hydrogen-bond acceptors (Lipinski definition) is 3. The Morgan fingerprint density at radius 1 is 1.03 bits per heavy atom. The van der Waals surface area contributed by atoms with Crippen LogP contribution in [-0.4, -0.2) is 20.7 Å². The van der Waals surface area contributed by atoms with Gasteiger partial charge >= 0.3 is 0 Å². The largest absolute Gasteiger partial charge is 0.317 e. The molecule has 0 aliphatic carbocycles. The van der Waals surface area contributed by atoms with E-state index in [2.05, 4.69) is 15.4 Å². The Hall–Kier alpha value is -3.51. The molecule has 0 saturated carbocycles. The summed E-state index contributed by atoms with van der Waals surface area (Å²) in [7, 11) is 0. The molecule has 3 aromatic carbocycles. The van der Waals surface area contributed by atoms with Crippen LogP contribution in [0.15, 0.2) is 66.7 Å². The number of halogens is 2. The predicted molar refractivity (Wildman–Crippen MR) is 116 cm³/mol. The Bertz CT molecular complexity index is 1230. The molecule has 0 spiro atoms. The molecule has 7 heteroatoms. The molecule has 1 heterocycles. The summed E-state index contributed by atoms with van der Waals surface area (Å²) >= 11 is 6.20. The van der Waals surface area contributed by atoms with Crippen molar-refractivity contribution in [2.24, 2.45) is 0 Å². The average Bonchev–Trinajstić information content (AvgIpc) is 3.17. The van der Waals surface area contributed by atoms with Gasteiger partial charge in [-0.2, -0.15) is 0 Å². The van der Waals surface area contributed by atoms with Crippen LogP contribution in [0.2, 0.25) is 5.02 Å². The van der Waals surface area contributed by atoms with E-state index < -0.39 is 11.7 Å². The summed E-state index contributed by atoms with van der Waals surface area (Å²) in [6, 6.07) is 19.1. The molecule has 0 aliphatic rings. The number of rotatable bonds is 4. The number of benzene rings is 3. The molecule has 150 valence electrons. The minimum absolute atomic E-state index is 0.0645. The molecule has 0 fully saturated rings. The van der Waals surface area contributed by atoms with Gasteiger partial charge in [0.05, 0.1) is 11.4 Å². The lowest BCUT2D eigenvalue weighted by Gasteiger charge is -2.09. The Morgan fingerprint density at radius 2 is 1.77 bits per heavy atom. The van der Waals surface area contributed by atoms with E-state index in [1.807, 2.05) is 44.2 Å². The number of carbonyl (C=O) groups excluding carboxylic acids is 1. The van der Waals surface area contributed by atoms with E-state index in [9.17, 15) is 9.18 Å². The van der Waals surface area contributed by atoms with Gasteiger partial charge in [0.25, 0.3) is 5.91 Å². The van der Waals surface area contributed by atoms with Gasteiger partial charge in [0.15, 0.2) is 5.82 Å². The second-order valence-corrected chi connectivity index (χ2v) is 7.34. The number of aryl methyl sites for hydroxylation is 2. The second kappa shape index (κ2) is 8.08. The van der Waals surface area contributed by atoms with Crippen molar-refractivity contribution in [3.8, 4) is 17.1 Å². The van der Waals surface area contributed by atoms with Crippen LogP contribution in [0.4, 0.5) is 10.1 Å². The average molecular weight is 421 g/mol. The SMILES string of the molecule is Cc1ccc(-c2nc(C(=O)Nc3ccccc3F)nn2-c2cc(Cl)ccc2C)cc1. The topological polar surface area (TPSA) is 59.8 Å². The number of amides is 1. The third kappa shape index (κ3) is 3.95. The van der Waals surface area contributed by atoms with E-state index in [1.165, 1.54) is 12.1 Å². The van der Waals surface area contributed by atoms with Crippen LogP contribution < -0.4 is 5.32 Å². The molecule has 1 aromatic heterocycles. The van der Waals surface area contributed by atoms with Gasteiger partial charge < -0.3 is 5.32 Å². The van der Waals surface area contributed by atoms with Crippen LogP contribution in [0.25, 0.3) is 17.1 Å². The number of aromatic nitrogens is 3. The molecule has 0 bridgehead atoms. The van der Waals surface area contributed by atoms with Crippen LogP contribution in [0, 0.1) is 19.7 Å². The lowest BCUT2D eigenvalue weighted by Crippen LogP contribution is -2.15. The van der Waals surface area contributed by atoms with E-state index in [-0.39, 0.29) is 11.5 Å². The zero-order valence-electron chi connectivity index (χ0n) is 16.4. The molecule has 0 atom stereocenters. The normalized spacial score (nSPS) is 10.8. The second-order valence-electron chi connectivity index (χ2n) is 6.90. The number of para-hydroxylation sites is 1. The van der Waals surface area contributed by atoms with Gasteiger partial charge in [0.1, 0.15) is 5.82 Å². The molecule has 0 saturated heterocycles. The van der Waals surface area contributed by atoms with Crippen molar-refractivity contribution in [1.82, 2.24) is 14.8 Å². The maximum Gasteiger partial charge on any atom is 0.295 e. The van der Waals surface area contributed by atoms with Crippen LogP contribution in [0.3, 0.4) is 0 Å². The fourth-order valence-corrected chi connectivity index (χ4v) is 3.18. The smallest absolute Gasteiger partial charge is 0.295 e. The molecule has 30 heavy (non-hydrogen) atoms. The highest BCUT2D eigenvalue weighted by molar-refractivity contribution is 6.30. The van der Waals surface area contributed by atoms with Gasteiger partial charge in [-0.1, -0.05) is 59.6 Å². The van der Waals surface area contributed by atoms with Crippen LogP contribution in [-0.2, 0) is 0 Å². The van der Waals surface area contributed by atoms with Crippen molar-refractivity contribution in [1.29, 1.82) is 0 Å². The molecule has 0 unspecified atom stereocenters. The summed E-state index contributed by atoms with van der Waals surface area (Å²) < 4.78 is 15.5. The maximum absolute atomic E-state index is 13.9. The minimum Gasteiger partial charge on any atom is -0.317 e. The summed E-state index contributed by atoms with van der Waals surface area (Å²) in [5.74, 6) is -0.728. The molecule has 4 rings (SSSR count). The van der Waals surface area contributed by atoms with Gasteiger partial charge in [-0.05, 0) is 43.7 Å². The molecule has 5 nitrogen and oxygen atoms in total. The summed E-state index contributed by atoms with van der Waals surface area (Å²) in [6.07, 6.45) is 0. The van der Waals surface area contributed by atoms with Crippen LogP contribution in [0.1, 0.15) is 21.7 Å². The van der Waals surface area contributed by atoms with E-state index in [0.717, 1.165) is 16.7 Å². The lowest BCUT2D eigenvalue weighted by molar-refractivity contribution is 0.101. The number of carbonyl (C=O) groups is 1. The first-order chi connectivity index (χ1) is 14.4. The molecular formula is C23H18ClFN4O. The molecule has 1 amide bonds. The fraction of sp³-hybridized carbons (Fsp3) is 0.0870. The first-order valence-corrected chi connectivity index (χ1v) is 9.66. The molecule has 0 aliphatic heterocycles. The highest BCUT2D eigenvalue weighted by atomic mass is 35.5. The fourth-order valence-electron chi connectivity index (χ4n) is 3.02. The third-order valence-corrected chi connectivity index (χ3v) is 4.88. The first-order valence-electron chi connectivity index (χ1n) is 9.29. The van der Waals surface area contributed by atoms with Gasteiger partial charge in [0.2, 0.25) is 5.82 Å². The van der Waals surface area contributed by atoms with Gasteiger partial charge in [-0.25, -0.2) is 14.1 Å². The molecule has 0 radical (unpaired) electrons. The quantitative estimate of drug-likeness (QED) is 0.467. The van der Waals surface area contributed by atoms with Crippen molar-refractivity contribution in [3.63, 3.8) is 0 Å². The van der Waals surface area contributed by atoms with Crippen molar-refractivity contribution in [3.05, 3.63) is 94.5 Å². The van der Waals surface area contributed by atoms with E-state index in [0.29, 0.717) is 16.5 Å². The third-order valence-electron chi connectivity index (χ3n) is 4.64. The summed E-state index contributed by atoms with van der Waals surface area (Å²) in [5, 5.41) is 7.49. The summed E-state index contributed by atoms with van der Waals surface area (Å²) in [4.78, 5) is 17.2. The molecular weight excluding hydrogens is 403 g/mol. The molecule has 4 aromatic rings. The zero-order chi connectivity index (χ0) is 21.3. The van der Waals surface area contributed by atoms with Crippen molar-refractivity contribution >= 4 is 23.2 Å². The Kier molecular flexibility index (Phi) is 5.33. The van der Waals surface area contributed by atoms with E-state index in [4.69, 9.17) is 11.6 Å².